The number of amides is 1. The van der Waals surface area contributed by atoms with Gasteiger partial charge in [0.25, 0.3) is 0 Å². The van der Waals surface area contributed by atoms with E-state index in [-0.39, 0.29) is 17.4 Å². The Labute approximate surface area is 113 Å². The van der Waals surface area contributed by atoms with Crippen molar-refractivity contribution in [3.8, 4) is 0 Å². The van der Waals surface area contributed by atoms with Crippen LogP contribution in [0.15, 0.2) is 24.3 Å². The maximum Gasteiger partial charge on any atom is 0.227 e. The normalized spacial score (nSPS) is 24.8. The van der Waals surface area contributed by atoms with Gasteiger partial charge in [-0.05, 0) is 38.4 Å². The molecule has 1 amide bonds. The Kier molecular flexibility index (Phi) is 3.93. The highest BCUT2D eigenvalue weighted by atomic mass is 35.5. The number of carbonyl (C=O) groups excluding carboxylic acids is 1. The van der Waals surface area contributed by atoms with E-state index in [2.05, 4.69) is 10.6 Å². The lowest BCUT2D eigenvalue weighted by Gasteiger charge is -2.25. The first-order valence-electron chi connectivity index (χ1n) is 6.29. The van der Waals surface area contributed by atoms with Crippen LogP contribution in [0.25, 0.3) is 0 Å². The molecule has 1 aliphatic heterocycles. The van der Waals surface area contributed by atoms with Gasteiger partial charge in [-0.2, -0.15) is 0 Å². The molecule has 2 N–H and O–H groups in total. The number of rotatable bonds is 3. The monoisotopic (exact) mass is 266 g/mol. The molecule has 1 fully saturated rings. The summed E-state index contributed by atoms with van der Waals surface area (Å²) in [5.41, 5.74) is 0.664. The molecule has 0 saturated carbocycles. The lowest BCUT2D eigenvalue weighted by atomic mass is 9.88. The smallest absolute Gasteiger partial charge is 0.227 e. The van der Waals surface area contributed by atoms with E-state index < -0.39 is 0 Å². The van der Waals surface area contributed by atoms with Crippen LogP contribution in [0.3, 0.4) is 0 Å². The van der Waals surface area contributed by atoms with Crippen LogP contribution in [-0.2, 0) is 4.79 Å². The van der Waals surface area contributed by atoms with Gasteiger partial charge in [0.05, 0.1) is 11.5 Å². The molecule has 0 aromatic heterocycles. The van der Waals surface area contributed by atoms with Crippen molar-refractivity contribution in [2.45, 2.75) is 26.3 Å². The fourth-order valence-corrected chi connectivity index (χ4v) is 2.59. The van der Waals surface area contributed by atoms with E-state index in [0.29, 0.717) is 5.02 Å². The zero-order chi connectivity index (χ0) is 13.2. The minimum Gasteiger partial charge on any atom is -0.349 e. The van der Waals surface area contributed by atoms with Crippen LogP contribution in [0.5, 0.6) is 0 Å². The van der Waals surface area contributed by atoms with Crippen molar-refractivity contribution < 1.29 is 4.79 Å². The van der Waals surface area contributed by atoms with Crippen molar-refractivity contribution >= 4 is 17.5 Å². The molecule has 18 heavy (non-hydrogen) atoms. The van der Waals surface area contributed by atoms with Gasteiger partial charge >= 0.3 is 0 Å². The number of hydrogen-bond acceptors (Lipinski definition) is 2. The molecule has 1 saturated heterocycles. The highest BCUT2D eigenvalue weighted by Gasteiger charge is 2.36. The van der Waals surface area contributed by atoms with Gasteiger partial charge < -0.3 is 10.6 Å². The molecule has 2 atom stereocenters. The lowest BCUT2D eigenvalue weighted by Crippen LogP contribution is -2.41. The SMILES string of the molecule is C[C@@H](NC(=O)C1(C)CCNC1)c1ccccc1Cl. The molecule has 0 radical (unpaired) electrons. The molecule has 1 aromatic carbocycles. The predicted molar refractivity (Wildman–Crippen MR) is 73.6 cm³/mol. The molecule has 0 bridgehead atoms. The van der Waals surface area contributed by atoms with Crippen molar-refractivity contribution in [1.29, 1.82) is 0 Å². The summed E-state index contributed by atoms with van der Waals surface area (Å²) in [5.74, 6) is 0.0971. The van der Waals surface area contributed by atoms with E-state index in [9.17, 15) is 4.79 Å². The molecule has 98 valence electrons. The number of nitrogens with one attached hydrogen (secondary N) is 2. The Morgan fingerprint density at radius 3 is 2.83 bits per heavy atom. The summed E-state index contributed by atoms with van der Waals surface area (Å²) in [5, 5.41) is 6.98. The zero-order valence-electron chi connectivity index (χ0n) is 10.8. The van der Waals surface area contributed by atoms with Gasteiger partial charge in [-0.15, -0.1) is 0 Å². The average molecular weight is 267 g/mol. The fourth-order valence-electron chi connectivity index (χ4n) is 2.29. The molecule has 4 heteroatoms. The van der Waals surface area contributed by atoms with Crippen LogP contribution in [-0.4, -0.2) is 19.0 Å². The molecule has 3 nitrogen and oxygen atoms in total. The summed E-state index contributed by atoms with van der Waals surface area (Å²) in [6, 6.07) is 7.55. The number of carbonyl (C=O) groups is 1. The molecule has 0 spiro atoms. The summed E-state index contributed by atoms with van der Waals surface area (Å²) in [6.45, 7) is 5.62. The quantitative estimate of drug-likeness (QED) is 0.883. The number of hydrogen-bond donors (Lipinski definition) is 2. The van der Waals surface area contributed by atoms with E-state index in [1.165, 1.54) is 0 Å². The molecule has 0 aliphatic carbocycles. The maximum atomic E-state index is 12.3. The Hall–Kier alpha value is -1.06. The van der Waals surface area contributed by atoms with Crippen LogP contribution >= 0.6 is 11.6 Å². The van der Waals surface area contributed by atoms with Crippen molar-refractivity contribution in [3.63, 3.8) is 0 Å². The predicted octanol–water partition coefficient (Wildman–Crippen LogP) is 2.52. The van der Waals surface area contributed by atoms with Crippen LogP contribution in [0.1, 0.15) is 31.9 Å². The Morgan fingerprint density at radius 1 is 1.50 bits per heavy atom. The van der Waals surface area contributed by atoms with Gasteiger partial charge in [-0.3, -0.25) is 4.79 Å². The van der Waals surface area contributed by atoms with E-state index in [4.69, 9.17) is 11.6 Å². The van der Waals surface area contributed by atoms with E-state index in [0.717, 1.165) is 25.1 Å². The fraction of sp³-hybridized carbons (Fsp3) is 0.500. The van der Waals surface area contributed by atoms with Crippen LogP contribution in [0.2, 0.25) is 5.02 Å². The first kappa shape index (κ1) is 13.4. The molecule has 2 rings (SSSR count). The molecule has 1 aromatic rings. The Bertz CT molecular complexity index is 441. The number of halogens is 1. The largest absolute Gasteiger partial charge is 0.349 e. The summed E-state index contributed by atoms with van der Waals surface area (Å²) in [4.78, 5) is 12.3. The zero-order valence-corrected chi connectivity index (χ0v) is 11.6. The van der Waals surface area contributed by atoms with Crippen LogP contribution in [0.4, 0.5) is 0 Å². The molecular weight excluding hydrogens is 248 g/mol. The van der Waals surface area contributed by atoms with Gasteiger partial charge in [-0.1, -0.05) is 29.8 Å². The third-order valence-corrected chi connectivity index (χ3v) is 3.98. The van der Waals surface area contributed by atoms with E-state index in [1.54, 1.807) is 0 Å². The van der Waals surface area contributed by atoms with Gasteiger partial charge in [0, 0.05) is 11.6 Å². The van der Waals surface area contributed by atoms with Crippen molar-refractivity contribution in [2.75, 3.05) is 13.1 Å². The van der Waals surface area contributed by atoms with Crippen molar-refractivity contribution in [1.82, 2.24) is 10.6 Å². The van der Waals surface area contributed by atoms with Crippen LogP contribution in [0, 0.1) is 5.41 Å². The third kappa shape index (κ3) is 2.68. The standard InChI is InChI=1S/C14H19ClN2O/c1-10(11-5-3-4-6-12(11)15)17-13(18)14(2)7-8-16-9-14/h3-6,10,16H,7-9H2,1-2H3,(H,17,18)/t10-,14?/m1/s1. The van der Waals surface area contributed by atoms with E-state index in [1.807, 2.05) is 38.1 Å². The van der Waals surface area contributed by atoms with Crippen molar-refractivity contribution in [3.05, 3.63) is 34.9 Å². The summed E-state index contributed by atoms with van der Waals surface area (Å²) in [6.07, 6.45) is 0.883. The summed E-state index contributed by atoms with van der Waals surface area (Å²) in [7, 11) is 0. The topological polar surface area (TPSA) is 41.1 Å². The highest BCUT2D eigenvalue weighted by Crippen LogP contribution is 2.27. The second kappa shape index (κ2) is 5.29. The van der Waals surface area contributed by atoms with Gasteiger partial charge in [0.1, 0.15) is 0 Å². The van der Waals surface area contributed by atoms with Gasteiger partial charge in [0.2, 0.25) is 5.91 Å². The van der Waals surface area contributed by atoms with Gasteiger partial charge in [-0.25, -0.2) is 0 Å². The van der Waals surface area contributed by atoms with Crippen LogP contribution < -0.4 is 10.6 Å². The Morgan fingerprint density at radius 2 is 2.22 bits per heavy atom. The second-order valence-electron chi connectivity index (χ2n) is 5.20. The van der Waals surface area contributed by atoms with E-state index >= 15 is 0 Å². The first-order valence-corrected chi connectivity index (χ1v) is 6.67. The first-order chi connectivity index (χ1) is 8.53. The van der Waals surface area contributed by atoms with Gasteiger partial charge in [0.15, 0.2) is 0 Å². The summed E-state index contributed by atoms with van der Waals surface area (Å²) < 4.78 is 0. The lowest BCUT2D eigenvalue weighted by molar-refractivity contribution is -0.129. The second-order valence-corrected chi connectivity index (χ2v) is 5.61. The minimum atomic E-state index is -0.296. The minimum absolute atomic E-state index is 0.0661. The molecule has 1 unspecified atom stereocenters. The average Bonchev–Trinajstić information content (AvgIpc) is 2.78. The molecule has 1 aliphatic rings. The Balaban J connectivity index is 2.06. The van der Waals surface area contributed by atoms with Crippen molar-refractivity contribution in [2.24, 2.45) is 5.41 Å². The number of benzene rings is 1. The summed E-state index contributed by atoms with van der Waals surface area (Å²) >= 11 is 6.13. The maximum absolute atomic E-state index is 12.3. The molecule has 1 heterocycles. The highest BCUT2D eigenvalue weighted by molar-refractivity contribution is 6.31. The molecular formula is C14H19ClN2O. The third-order valence-electron chi connectivity index (χ3n) is 3.64.